The van der Waals surface area contributed by atoms with Crippen molar-refractivity contribution in [3.8, 4) is 11.5 Å². The first-order chi connectivity index (χ1) is 8.84. The number of nitrogens with zero attached hydrogens (tertiary/aromatic N) is 4. The predicted octanol–water partition coefficient (Wildman–Crippen LogP) is 1.27. The lowest BCUT2D eigenvalue weighted by molar-refractivity contribution is 0.0699. The summed E-state index contributed by atoms with van der Waals surface area (Å²) in [5.41, 5.74) is 6.47. The molecule has 3 heterocycles. The summed E-state index contributed by atoms with van der Waals surface area (Å²) in [7, 11) is 0. The quantitative estimate of drug-likeness (QED) is 0.862. The average molecular weight is 245 g/mol. The van der Waals surface area contributed by atoms with Crippen molar-refractivity contribution in [1.29, 1.82) is 0 Å². The van der Waals surface area contributed by atoms with Crippen LogP contribution in [0.1, 0.15) is 18.9 Å². The first-order valence-corrected chi connectivity index (χ1v) is 6.05. The van der Waals surface area contributed by atoms with Crippen LogP contribution in [0, 0.1) is 0 Å². The van der Waals surface area contributed by atoms with Crippen molar-refractivity contribution in [2.45, 2.75) is 18.9 Å². The fourth-order valence-corrected chi connectivity index (χ4v) is 2.23. The van der Waals surface area contributed by atoms with Crippen LogP contribution in [-0.4, -0.2) is 33.0 Å². The number of anilines is 1. The van der Waals surface area contributed by atoms with E-state index in [1.54, 1.807) is 12.4 Å². The number of hydrogen-bond donors (Lipinski definition) is 1. The normalized spacial score (nSPS) is 16.9. The Morgan fingerprint density at radius 1 is 1.28 bits per heavy atom. The van der Waals surface area contributed by atoms with Crippen LogP contribution < -0.4 is 5.73 Å². The van der Waals surface area contributed by atoms with Crippen LogP contribution in [0.4, 0.5) is 5.82 Å². The molecule has 0 aliphatic carbocycles. The second kappa shape index (κ2) is 4.73. The van der Waals surface area contributed by atoms with Gasteiger partial charge in [0.25, 0.3) is 0 Å². The molecule has 2 aromatic heterocycles. The van der Waals surface area contributed by atoms with Gasteiger partial charge in [-0.05, 0) is 25.0 Å². The molecule has 6 heteroatoms. The Kier molecular flexibility index (Phi) is 2.93. The second-order valence-corrected chi connectivity index (χ2v) is 4.35. The number of nitrogen functional groups attached to an aromatic ring is 1. The Labute approximate surface area is 105 Å². The minimum atomic E-state index is 0.381. The lowest BCUT2D eigenvalue weighted by atomic mass is 10.1. The molecule has 0 spiro atoms. The van der Waals surface area contributed by atoms with Crippen LogP contribution >= 0.6 is 0 Å². The van der Waals surface area contributed by atoms with Crippen molar-refractivity contribution in [3.05, 3.63) is 24.5 Å². The lowest BCUT2D eigenvalue weighted by Gasteiger charge is -2.24. The maximum atomic E-state index is 5.70. The van der Waals surface area contributed by atoms with Gasteiger partial charge in [-0.1, -0.05) is 6.07 Å². The van der Waals surface area contributed by atoms with Gasteiger partial charge in [0.1, 0.15) is 17.8 Å². The van der Waals surface area contributed by atoms with Gasteiger partial charge in [-0.3, -0.25) is 0 Å². The molecule has 0 amide bonds. The van der Waals surface area contributed by atoms with E-state index in [1.165, 1.54) is 0 Å². The smallest absolute Gasteiger partial charge is 0.182 e. The van der Waals surface area contributed by atoms with E-state index in [1.807, 2.05) is 12.1 Å². The van der Waals surface area contributed by atoms with Gasteiger partial charge in [-0.25, -0.2) is 4.98 Å². The van der Waals surface area contributed by atoms with Gasteiger partial charge in [0, 0.05) is 19.3 Å². The molecule has 1 aliphatic heterocycles. The number of hydrogen-bond acceptors (Lipinski definition) is 5. The molecular weight excluding hydrogens is 230 g/mol. The second-order valence-electron chi connectivity index (χ2n) is 4.35. The van der Waals surface area contributed by atoms with Crippen LogP contribution in [0.5, 0.6) is 0 Å². The zero-order valence-corrected chi connectivity index (χ0v) is 9.99. The van der Waals surface area contributed by atoms with Crippen molar-refractivity contribution in [2.75, 3.05) is 18.9 Å². The summed E-state index contributed by atoms with van der Waals surface area (Å²) in [6, 6.07) is 5.92. The van der Waals surface area contributed by atoms with Crippen LogP contribution in [0.25, 0.3) is 11.5 Å². The number of rotatable bonds is 2. The summed E-state index contributed by atoms with van der Waals surface area (Å²) in [6.07, 6.45) is 3.72. The van der Waals surface area contributed by atoms with Gasteiger partial charge in [-0.15, -0.1) is 10.2 Å². The molecule has 1 saturated heterocycles. The van der Waals surface area contributed by atoms with Crippen molar-refractivity contribution >= 4 is 5.82 Å². The molecule has 2 N–H and O–H groups in total. The van der Waals surface area contributed by atoms with Crippen molar-refractivity contribution in [2.24, 2.45) is 0 Å². The third-order valence-electron chi connectivity index (χ3n) is 3.16. The topological polar surface area (TPSA) is 78.8 Å². The Balaban J connectivity index is 1.95. The standard InChI is InChI=1S/C12H15N5O/c13-11-3-1-2-10(15-11)12-16-14-8-17(12)9-4-6-18-7-5-9/h1-3,8-9H,4-7H2,(H2,13,15). The largest absolute Gasteiger partial charge is 0.384 e. The third-order valence-corrected chi connectivity index (χ3v) is 3.16. The molecule has 6 nitrogen and oxygen atoms in total. The summed E-state index contributed by atoms with van der Waals surface area (Å²) in [5.74, 6) is 1.27. The first-order valence-electron chi connectivity index (χ1n) is 6.05. The number of aromatic nitrogens is 4. The zero-order chi connectivity index (χ0) is 12.4. The van der Waals surface area contributed by atoms with E-state index in [0.29, 0.717) is 11.9 Å². The number of nitrogens with two attached hydrogens (primary N) is 1. The molecule has 0 aromatic carbocycles. The van der Waals surface area contributed by atoms with E-state index < -0.39 is 0 Å². The molecule has 0 unspecified atom stereocenters. The molecule has 1 fully saturated rings. The molecule has 0 saturated carbocycles. The summed E-state index contributed by atoms with van der Waals surface area (Å²) in [4.78, 5) is 4.29. The van der Waals surface area contributed by atoms with Crippen LogP contribution in [0.2, 0.25) is 0 Å². The maximum absolute atomic E-state index is 5.70. The summed E-state index contributed by atoms with van der Waals surface area (Å²) < 4.78 is 7.45. The van der Waals surface area contributed by atoms with Crippen molar-refractivity contribution in [3.63, 3.8) is 0 Å². The van der Waals surface area contributed by atoms with E-state index >= 15 is 0 Å². The van der Waals surface area contributed by atoms with Crippen LogP contribution in [0.15, 0.2) is 24.5 Å². The van der Waals surface area contributed by atoms with Gasteiger partial charge < -0.3 is 15.0 Å². The van der Waals surface area contributed by atoms with E-state index in [2.05, 4.69) is 19.7 Å². The summed E-state index contributed by atoms with van der Waals surface area (Å²) >= 11 is 0. The highest BCUT2D eigenvalue weighted by atomic mass is 16.5. The van der Waals surface area contributed by atoms with Gasteiger partial charge in [0.2, 0.25) is 0 Å². The Bertz CT molecular complexity index is 533. The highest BCUT2D eigenvalue weighted by molar-refractivity contribution is 5.52. The van der Waals surface area contributed by atoms with Gasteiger partial charge >= 0.3 is 0 Å². The molecule has 0 atom stereocenters. The Morgan fingerprint density at radius 2 is 2.11 bits per heavy atom. The minimum absolute atomic E-state index is 0.381. The fraction of sp³-hybridized carbons (Fsp3) is 0.417. The van der Waals surface area contributed by atoms with E-state index in [-0.39, 0.29) is 0 Å². The molecule has 3 rings (SSSR count). The summed E-state index contributed by atoms with van der Waals surface area (Å²) in [6.45, 7) is 1.57. The predicted molar refractivity (Wildman–Crippen MR) is 66.8 cm³/mol. The molecule has 1 aliphatic rings. The first kappa shape index (κ1) is 11.2. The minimum Gasteiger partial charge on any atom is -0.384 e. The molecule has 18 heavy (non-hydrogen) atoms. The molecule has 0 radical (unpaired) electrons. The fourth-order valence-electron chi connectivity index (χ4n) is 2.23. The van der Waals surface area contributed by atoms with Crippen molar-refractivity contribution < 1.29 is 4.74 Å². The zero-order valence-electron chi connectivity index (χ0n) is 9.99. The van der Waals surface area contributed by atoms with E-state index in [4.69, 9.17) is 10.5 Å². The maximum Gasteiger partial charge on any atom is 0.182 e. The van der Waals surface area contributed by atoms with Gasteiger partial charge in [0.05, 0.1) is 0 Å². The third kappa shape index (κ3) is 2.06. The van der Waals surface area contributed by atoms with Gasteiger partial charge in [0.15, 0.2) is 5.82 Å². The summed E-state index contributed by atoms with van der Waals surface area (Å²) in [5, 5.41) is 8.15. The lowest BCUT2D eigenvalue weighted by Crippen LogP contribution is -2.20. The van der Waals surface area contributed by atoms with Crippen molar-refractivity contribution in [1.82, 2.24) is 19.7 Å². The van der Waals surface area contributed by atoms with E-state index in [0.717, 1.165) is 37.6 Å². The SMILES string of the molecule is Nc1cccc(-c2nncn2C2CCOCC2)n1. The highest BCUT2D eigenvalue weighted by Gasteiger charge is 2.20. The number of pyridine rings is 1. The Hall–Kier alpha value is -1.95. The average Bonchev–Trinajstić information content (AvgIpc) is 2.89. The van der Waals surface area contributed by atoms with Crippen LogP contribution in [-0.2, 0) is 4.74 Å². The van der Waals surface area contributed by atoms with E-state index in [9.17, 15) is 0 Å². The number of ether oxygens (including phenoxy) is 1. The highest BCUT2D eigenvalue weighted by Crippen LogP contribution is 2.25. The molecular formula is C12H15N5O. The van der Waals surface area contributed by atoms with Gasteiger partial charge in [-0.2, -0.15) is 0 Å². The van der Waals surface area contributed by atoms with Crippen LogP contribution in [0.3, 0.4) is 0 Å². The molecule has 94 valence electrons. The monoisotopic (exact) mass is 245 g/mol. The molecule has 2 aromatic rings. The Morgan fingerprint density at radius 3 is 2.89 bits per heavy atom. The molecule has 0 bridgehead atoms.